The Balaban J connectivity index is 1.40. The highest BCUT2D eigenvalue weighted by Gasteiger charge is 2.45. The highest BCUT2D eigenvalue weighted by molar-refractivity contribution is 5.83. The Morgan fingerprint density at radius 3 is 2.43 bits per heavy atom. The van der Waals surface area contributed by atoms with E-state index in [4.69, 9.17) is 9.97 Å². The standard InChI is InChI=1S/C23H28N4O3/c28-17-9-13-27(14-10-17)22-25-19-4-1-3-18(19)20(26-22)24-16-7-5-15(6-8-16)23(21(29)30)11-2-12-23/h5-8,17,28H,1-4,9-14H2,(H,29,30)(H,24,25,26). The van der Waals surface area contributed by atoms with E-state index in [2.05, 4.69) is 10.2 Å². The number of aliphatic hydroxyl groups is 1. The van der Waals surface area contributed by atoms with Crippen molar-refractivity contribution in [1.82, 2.24) is 9.97 Å². The molecule has 2 fully saturated rings. The van der Waals surface area contributed by atoms with E-state index in [1.807, 2.05) is 24.3 Å². The minimum atomic E-state index is -0.723. The van der Waals surface area contributed by atoms with Gasteiger partial charge in [0.25, 0.3) is 0 Å². The average Bonchev–Trinajstić information content (AvgIpc) is 3.18. The summed E-state index contributed by atoms with van der Waals surface area (Å²) >= 11 is 0. The van der Waals surface area contributed by atoms with Crippen molar-refractivity contribution in [3.05, 3.63) is 41.1 Å². The molecule has 7 heteroatoms. The van der Waals surface area contributed by atoms with E-state index >= 15 is 0 Å². The predicted molar refractivity (Wildman–Crippen MR) is 114 cm³/mol. The fourth-order valence-corrected chi connectivity index (χ4v) is 4.90. The van der Waals surface area contributed by atoms with Gasteiger partial charge in [-0.2, -0.15) is 4.98 Å². The van der Waals surface area contributed by atoms with Crippen LogP contribution < -0.4 is 10.2 Å². The zero-order chi connectivity index (χ0) is 20.7. The number of aromatic nitrogens is 2. The number of fused-ring (bicyclic) bond motifs is 1. The summed E-state index contributed by atoms with van der Waals surface area (Å²) in [5.74, 6) is 0.864. The van der Waals surface area contributed by atoms with Crippen molar-refractivity contribution < 1.29 is 15.0 Å². The lowest BCUT2D eigenvalue weighted by atomic mass is 9.64. The van der Waals surface area contributed by atoms with Crippen molar-refractivity contribution in [1.29, 1.82) is 0 Å². The number of carbonyl (C=O) groups is 1. The zero-order valence-corrected chi connectivity index (χ0v) is 17.1. The molecule has 0 spiro atoms. The number of carboxylic acid groups (broad SMARTS) is 1. The third-order valence-electron chi connectivity index (χ3n) is 6.99. The van der Waals surface area contributed by atoms with Gasteiger partial charge < -0.3 is 20.4 Å². The number of hydrogen-bond donors (Lipinski definition) is 3. The van der Waals surface area contributed by atoms with Crippen molar-refractivity contribution in [2.75, 3.05) is 23.3 Å². The normalized spacial score (nSPS) is 20.5. The highest BCUT2D eigenvalue weighted by atomic mass is 16.4. The molecule has 3 aliphatic rings. The maximum atomic E-state index is 11.8. The molecule has 1 aromatic heterocycles. The van der Waals surface area contributed by atoms with Gasteiger partial charge in [0.1, 0.15) is 5.82 Å². The third kappa shape index (κ3) is 3.31. The Morgan fingerprint density at radius 1 is 1.07 bits per heavy atom. The molecular formula is C23H28N4O3. The molecule has 2 aliphatic carbocycles. The second-order valence-electron chi connectivity index (χ2n) is 8.81. The molecule has 30 heavy (non-hydrogen) atoms. The Kier molecular flexibility index (Phi) is 4.85. The van der Waals surface area contributed by atoms with Crippen molar-refractivity contribution in [2.24, 2.45) is 0 Å². The first kappa shape index (κ1) is 19.3. The molecule has 1 saturated carbocycles. The average molecular weight is 409 g/mol. The number of aliphatic hydroxyl groups excluding tert-OH is 1. The number of aryl methyl sites for hydroxylation is 1. The van der Waals surface area contributed by atoms with Crippen LogP contribution in [0.4, 0.5) is 17.5 Å². The molecule has 1 aliphatic heterocycles. The molecule has 2 aromatic rings. The van der Waals surface area contributed by atoms with Gasteiger partial charge in [0.05, 0.1) is 17.2 Å². The molecule has 1 aromatic carbocycles. The van der Waals surface area contributed by atoms with Crippen molar-refractivity contribution in [3.63, 3.8) is 0 Å². The number of benzene rings is 1. The number of piperidine rings is 1. The Morgan fingerprint density at radius 2 is 1.80 bits per heavy atom. The van der Waals surface area contributed by atoms with E-state index in [-0.39, 0.29) is 6.10 Å². The number of rotatable bonds is 5. The van der Waals surface area contributed by atoms with Gasteiger partial charge in [-0.3, -0.25) is 4.79 Å². The second kappa shape index (κ2) is 7.54. The summed E-state index contributed by atoms with van der Waals surface area (Å²) in [6.45, 7) is 1.54. The van der Waals surface area contributed by atoms with Crippen LogP contribution in [0.5, 0.6) is 0 Å². The van der Waals surface area contributed by atoms with Crippen LogP contribution in [-0.2, 0) is 23.1 Å². The van der Waals surface area contributed by atoms with E-state index in [0.29, 0.717) is 12.8 Å². The summed E-state index contributed by atoms with van der Waals surface area (Å²) in [4.78, 5) is 23.6. The molecule has 0 atom stereocenters. The molecule has 0 radical (unpaired) electrons. The van der Waals surface area contributed by atoms with Gasteiger partial charge in [0.2, 0.25) is 5.95 Å². The zero-order valence-electron chi connectivity index (χ0n) is 17.1. The van der Waals surface area contributed by atoms with Gasteiger partial charge >= 0.3 is 5.97 Å². The number of nitrogens with one attached hydrogen (secondary N) is 1. The maximum Gasteiger partial charge on any atom is 0.314 e. The van der Waals surface area contributed by atoms with Crippen molar-refractivity contribution in [3.8, 4) is 0 Å². The van der Waals surface area contributed by atoms with Crippen LogP contribution in [0.2, 0.25) is 0 Å². The fraction of sp³-hybridized carbons (Fsp3) is 0.522. The van der Waals surface area contributed by atoms with Gasteiger partial charge in [-0.15, -0.1) is 0 Å². The summed E-state index contributed by atoms with van der Waals surface area (Å²) < 4.78 is 0. The fourth-order valence-electron chi connectivity index (χ4n) is 4.90. The molecule has 3 N–H and O–H groups in total. The first-order valence-corrected chi connectivity index (χ1v) is 11.0. The summed E-state index contributed by atoms with van der Waals surface area (Å²) in [7, 11) is 0. The van der Waals surface area contributed by atoms with Crippen LogP contribution >= 0.6 is 0 Å². The number of carboxylic acids is 1. The van der Waals surface area contributed by atoms with Gasteiger partial charge in [0.15, 0.2) is 0 Å². The predicted octanol–water partition coefficient (Wildman–Crippen LogP) is 3.18. The van der Waals surface area contributed by atoms with Crippen LogP contribution in [0.25, 0.3) is 0 Å². The number of aliphatic carboxylic acids is 1. The Bertz CT molecular complexity index is 948. The van der Waals surface area contributed by atoms with Crippen LogP contribution in [0.1, 0.15) is 55.3 Å². The smallest absolute Gasteiger partial charge is 0.314 e. The highest BCUT2D eigenvalue weighted by Crippen LogP contribution is 2.44. The van der Waals surface area contributed by atoms with E-state index in [1.165, 1.54) is 5.56 Å². The minimum Gasteiger partial charge on any atom is -0.481 e. The molecule has 5 rings (SSSR count). The third-order valence-corrected chi connectivity index (χ3v) is 6.99. The molecule has 0 amide bonds. The van der Waals surface area contributed by atoms with E-state index in [9.17, 15) is 15.0 Å². The van der Waals surface area contributed by atoms with Gasteiger partial charge in [-0.05, 0) is 62.6 Å². The lowest BCUT2D eigenvalue weighted by Crippen LogP contribution is -2.42. The van der Waals surface area contributed by atoms with Crippen molar-refractivity contribution in [2.45, 2.75) is 62.9 Å². The SMILES string of the molecule is O=C(O)C1(c2ccc(Nc3nc(N4CCC(O)CC4)nc4c3CCC4)cc2)CCC1. The van der Waals surface area contributed by atoms with Crippen LogP contribution in [0.15, 0.2) is 24.3 Å². The number of nitrogens with zero attached hydrogens (tertiary/aromatic N) is 3. The molecule has 1 saturated heterocycles. The largest absolute Gasteiger partial charge is 0.481 e. The molecule has 0 unspecified atom stereocenters. The van der Waals surface area contributed by atoms with E-state index in [1.54, 1.807) is 0 Å². The molecule has 0 bridgehead atoms. The van der Waals surface area contributed by atoms with E-state index in [0.717, 1.165) is 80.3 Å². The topological polar surface area (TPSA) is 98.6 Å². The molecular weight excluding hydrogens is 380 g/mol. The van der Waals surface area contributed by atoms with Crippen molar-refractivity contribution >= 4 is 23.4 Å². The lowest BCUT2D eigenvalue weighted by molar-refractivity contribution is -0.147. The summed E-state index contributed by atoms with van der Waals surface area (Å²) in [5.41, 5.74) is 3.38. The summed E-state index contributed by atoms with van der Waals surface area (Å²) in [6, 6.07) is 7.78. The summed E-state index contributed by atoms with van der Waals surface area (Å²) in [5, 5.41) is 22.9. The first-order chi connectivity index (χ1) is 14.5. The molecule has 7 nitrogen and oxygen atoms in total. The Hall–Kier alpha value is -2.67. The molecule has 2 heterocycles. The van der Waals surface area contributed by atoms with Crippen LogP contribution in [0.3, 0.4) is 0 Å². The maximum absolute atomic E-state index is 11.8. The van der Waals surface area contributed by atoms with Crippen LogP contribution in [-0.4, -0.2) is 45.3 Å². The minimum absolute atomic E-state index is 0.225. The van der Waals surface area contributed by atoms with Gasteiger partial charge in [0, 0.05) is 24.3 Å². The number of hydrogen-bond acceptors (Lipinski definition) is 6. The quantitative estimate of drug-likeness (QED) is 0.699. The lowest BCUT2D eigenvalue weighted by Gasteiger charge is -2.38. The second-order valence-corrected chi connectivity index (χ2v) is 8.81. The first-order valence-electron chi connectivity index (χ1n) is 11.0. The number of anilines is 3. The van der Waals surface area contributed by atoms with Gasteiger partial charge in [-0.1, -0.05) is 18.6 Å². The van der Waals surface area contributed by atoms with E-state index < -0.39 is 11.4 Å². The monoisotopic (exact) mass is 408 g/mol. The Labute approximate surface area is 176 Å². The van der Waals surface area contributed by atoms with Gasteiger partial charge in [-0.25, -0.2) is 4.98 Å². The van der Waals surface area contributed by atoms with Crippen LogP contribution in [0, 0.1) is 0 Å². The molecule has 158 valence electrons. The summed E-state index contributed by atoms with van der Waals surface area (Å²) in [6.07, 6.45) is 6.68.